The van der Waals surface area contributed by atoms with Gasteiger partial charge in [-0.25, -0.2) is 0 Å². The third-order valence-electron chi connectivity index (χ3n) is 4.21. The molecule has 1 saturated heterocycles. The first-order valence-corrected chi connectivity index (χ1v) is 8.97. The summed E-state index contributed by atoms with van der Waals surface area (Å²) in [7, 11) is 0. The Balaban J connectivity index is 1.67. The highest BCUT2D eigenvalue weighted by Crippen LogP contribution is 2.25. The minimum absolute atomic E-state index is 0.446. The fraction of sp³-hybridized carbons (Fsp3) is 0.368. The molecule has 1 aliphatic heterocycles. The second kappa shape index (κ2) is 7.67. The summed E-state index contributed by atoms with van der Waals surface area (Å²) < 4.78 is 0. The third kappa shape index (κ3) is 4.12. The summed E-state index contributed by atoms with van der Waals surface area (Å²) >= 11 is 2.09. The Hall–Kier alpha value is -1.25. The summed E-state index contributed by atoms with van der Waals surface area (Å²) in [5.74, 6) is 3.98. The molecule has 0 aliphatic carbocycles. The lowest BCUT2D eigenvalue weighted by Crippen LogP contribution is -2.27. The maximum absolute atomic E-state index is 3.71. The van der Waals surface area contributed by atoms with E-state index in [1.807, 2.05) is 0 Å². The van der Waals surface area contributed by atoms with Gasteiger partial charge in [0.2, 0.25) is 0 Å². The van der Waals surface area contributed by atoms with E-state index in [1.54, 1.807) is 0 Å². The summed E-state index contributed by atoms with van der Waals surface area (Å²) in [5.41, 5.74) is 2.80. The lowest BCUT2D eigenvalue weighted by atomic mass is 9.91. The first-order valence-electron chi connectivity index (χ1n) is 7.82. The smallest absolute Gasteiger partial charge is 0.0214 e. The molecule has 0 bridgehead atoms. The van der Waals surface area contributed by atoms with Crippen LogP contribution in [0.2, 0.25) is 0 Å². The Morgan fingerprint density at radius 1 is 0.952 bits per heavy atom. The highest BCUT2D eigenvalue weighted by Gasteiger charge is 2.17. The van der Waals surface area contributed by atoms with Gasteiger partial charge in [-0.1, -0.05) is 60.7 Å². The minimum Gasteiger partial charge on any atom is -0.315 e. The summed E-state index contributed by atoms with van der Waals surface area (Å²) in [6, 6.07) is 21.7. The monoisotopic (exact) mass is 297 g/mol. The maximum atomic E-state index is 3.71. The normalized spacial score (nSPS) is 18.2. The van der Waals surface area contributed by atoms with Crippen LogP contribution < -0.4 is 5.32 Å². The molecule has 0 amide bonds. The second-order valence-corrected chi connectivity index (χ2v) is 6.91. The van der Waals surface area contributed by atoms with Crippen LogP contribution in [0, 0.1) is 5.92 Å². The minimum atomic E-state index is 0.446. The molecule has 2 heteroatoms. The molecule has 1 atom stereocenters. The van der Waals surface area contributed by atoms with Crippen LogP contribution in [0.5, 0.6) is 0 Å². The Bertz CT molecular complexity index is 480. The zero-order chi connectivity index (χ0) is 14.3. The van der Waals surface area contributed by atoms with E-state index in [9.17, 15) is 0 Å². The predicted molar refractivity (Wildman–Crippen MR) is 93.0 cm³/mol. The SMILES string of the molecule is c1ccc(C(CNCC2CCSC2)c2ccccc2)cc1. The van der Waals surface area contributed by atoms with Crippen LogP contribution in [0.15, 0.2) is 60.7 Å². The highest BCUT2D eigenvalue weighted by atomic mass is 32.2. The van der Waals surface area contributed by atoms with Gasteiger partial charge in [-0.15, -0.1) is 0 Å². The Kier molecular flexibility index (Phi) is 5.36. The summed E-state index contributed by atoms with van der Waals surface area (Å²) in [6.07, 6.45) is 1.37. The summed E-state index contributed by atoms with van der Waals surface area (Å²) in [4.78, 5) is 0. The van der Waals surface area contributed by atoms with E-state index in [2.05, 4.69) is 77.7 Å². The lowest BCUT2D eigenvalue weighted by molar-refractivity contribution is 0.512. The second-order valence-electron chi connectivity index (χ2n) is 5.76. The van der Waals surface area contributed by atoms with Crippen LogP contribution in [0.3, 0.4) is 0 Å². The van der Waals surface area contributed by atoms with Gasteiger partial charge < -0.3 is 5.32 Å². The van der Waals surface area contributed by atoms with E-state index in [1.165, 1.54) is 29.1 Å². The van der Waals surface area contributed by atoms with Gasteiger partial charge in [0.15, 0.2) is 0 Å². The molecule has 0 radical (unpaired) electrons. The molecular formula is C19H23NS. The predicted octanol–water partition coefficient (Wildman–Crippen LogP) is 4.16. The van der Waals surface area contributed by atoms with Gasteiger partial charge in [0.25, 0.3) is 0 Å². The number of rotatable bonds is 6. The van der Waals surface area contributed by atoms with Crippen LogP contribution in [0.1, 0.15) is 23.5 Å². The molecule has 3 rings (SSSR count). The molecule has 1 nitrogen and oxygen atoms in total. The number of thioether (sulfide) groups is 1. The van der Waals surface area contributed by atoms with Gasteiger partial charge in [0, 0.05) is 12.5 Å². The van der Waals surface area contributed by atoms with E-state index in [0.29, 0.717) is 5.92 Å². The van der Waals surface area contributed by atoms with Gasteiger partial charge in [0.1, 0.15) is 0 Å². The fourth-order valence-electron chi connectivity index (χ4n) is 2.97. The number of benzene rings is 2. The van der Waals surface area contributed by atoms with Crippen molar-refractivity contribution in [3.63, 3.8) is 0 Å². The number of nitrogens with one attached hydrogen (secondary N) is 1. The van der Waals surface area contributed by atoms with Crippen LogP contribution in [0.4, 0.5) is 0 Å². The van der Waals surface area contributed by atoms with Crippen LogP contribution in [0.25, 0.3) is 0 Å². The van der Waals surface area contributed by atoms with Crippen molar-refractivity contribution in [1.29, 1.82) is 0 Å². The van der Waals surface area contributed by atoms with Crippen LogP contribution in [-0.2, 0) is 0 Å². The molecule has 0 spiro atoms. The van der Waals surface area contributed by atoms with Crippen molar-refractivity contribution < 1.29 is 0 Å². The Morgan fingerprint density at radius 2 is 1.57 bits per heavy atom. The molecular weight excluding hydrogens is 274 g/mol. The van der Waals surface area contributed by atoms with E-state index >= 15 is 0 Å². The van der Waals surface area contributed by atoms with Crippen LogP contribution >= 0.6 is 11.8 Å². The Labute approximate surface area is 132 Å². The van der Waals surface area contributed by atoms with Crippen molar-refractivity contribution in [3.8, 4) is 0 Å². The molecule has 2 aromatic carbocycles. The van der Waals surface area contributed by atoms with Gasteiger partial charge in [0.05, 0.1) is 0 Å². The first kappa shape index (κ1) is 14.7. The van der Waals surface area contributed by atoms with E-state index in [0.717, 1.165) is 19.0 Å². The summed E-state index contributed by atoms with van der Waals surface area (Å²) in [6.45, 7) is 2.18. The summed E-state index contributed by atoms with van der Waals surface area (Å²) in [5, 5.41) is 3.71. The van der Waals surface area contributed by atoms with Gasteiger partial charge >= 0.3 is 0 Å². The quantitative estimate of drug-likeness (QED) is 0.859. The van der Waals surface area contributed by atoms with Crippen molar-refractivity contribution in [3.05, 3.63) is 71.8 Å². The maximum Gasteiger partial charge on any atom is 0.0214 e. The fourth-order valence-corrected chi connectivity index (χ4v) is 4.26. The third-order valence-corrected chi connectivity index (χ3v) is 5.44. The molecule has 1 heterocycles. The van der Waals surface area contributed by atoms with Crippen molar-refractivity contribution in [2.24, 2.45) is 5.92 Å². The van der Waals surface area contributed by atoms with Gasteiger partial charge in [-0.3, -0.25) is 0 Å². The van der Waals surface area contributed by atoms with Crippen molar-refractivity contribution >= 4 is 11.8 Å². The standard InChI is InChI=1S/C19H23NS/c1-3-7-17(8-4-1)19(18-9-5-2-6-10-18)14-20-13-16-11-12-21-15-16/h1-10,16,19-20H,11-15H2. The molecule has 0 saturated carbocycles. The molecule has 1 fully saturated rings. The average Bonchev–Trinajstić information content (AvgIpc) is 3.07. The zero-order valence-corrected chi connectivity index (χ0v) is 13.2. The van der Waals surface area contributed by atoms with E-state index < -0.39 is 0 Å². The highest BCUT2D eigenvalue weighted by molar-refractivity contribution is 7.99. The zero-order valence-electron chi connectivity index (χ0n) is 12.4. The lowest BCUT2D eigenvalue weighted by Gasteiger charge is -2.20. The van der Waals surface area contributed by atoms with Crippen molar-refractivity contribution in [1.82, 2.24) is 5.32 Å². The van der Waals surface area contributed by atoms with Gasteiger partial charge in [-0.2, -0.15) is 11.8 Å². The molecule has 1 N–H and O–H groups in total. The molecule has 21 heavy (non-hydrogen) atoms. The average molecular weight is 297 g/mol. The molecule has 1 unspecified atom stereocenters. The molecule has 1 aliphatic rings. The van der Waals surface area contributed by atoms with Crippen molar-refractivity contribution in [2.75, 3.05) is 24.6 Å². The number of hydrogen-bond donors (Lipinski definition) is 1. The van der Waals surface area contributed by atoms with Gasteiger partial charge in [-0.05, 0) is 41.5 Å². The Morgan fingerprint density at radius 3 is 2.10 bits per heavy atom. The first-order chi connectivity index (χ1) is 10.4. The van der Waals surface area contributed by atoms with Crippen molar-refractivity contribution in [2.45, 2.75) is 12.3 Å². The molecule has 110 valence electrons. The number of hydrogen-bond acceptors (Lipinski definition) is 2. The van der Waals surface area contributed by atoms with Crippen LogP contribution in [-0.4, -0.2) is 24.6 Å². The van der Waals surface area contributed by atoms with E-state index in [4.69, 9.17) is 0 Å². The molecule has 0 aromatic heterocycles. The molecule has 2 aromatic rings. The largest absolute Gasteiger partial charge is 0.315 e. The van der Waals surface area contributed by atoms with E-state index in [-0.39, 0.29) is 0 Å². The topological polar surface area (TPSA) is 12.0 Å².